The van der Waals surface area contributed by atoms with Crippen molar-refractivity contribution in [3.8, 4) is 5.75 Å². The van der Waals surface area contributed by atoms with Crippen LogP contribution in [0.1, 0.15) is 30.3 Å². The molecule has 0 radical (unpaired) electrons. The molecule has 3 rings (SSSR count). The standard InChI is InChI=1S/C16H19N3O5S/c1-23-12-7-5-11(6-8-12)10-14(20)19-9-3-4-13(19)15-17-18-16(24-15)25(2,21)22/h5-8,13H,3-4,9-10H2,1-2H3/t13-/m0/s1. The molecule has 0 bridgehead atoms. The van der Waals surface area contributed by atoms with E-state index in [2.05, 4.69) is 10.2 Å². The first-order chi connectivity index (χ1) is 11.9. The average Bonchev–Trinajstić information content (AvgIpc) is 3.24. The van der Waals surface area contributed by atoms with Crippen molar-refractivity contribution in [2.75, 3.05) is 19.9 Å². The first kappa shape index (κ1) is 17.4. The molecule has 1 aromatic carbocycles. The summed E-state index contributed by atoms with van der Waals surface area (Å²) in [5.74, 6) is 0.835. The molecule has 8 nitrogen and oxygen atoms in total. The number of methoxy groups -OCH3 is 1. The lowest BCUT2D eigenvalue weighted by atomic mass is 10.1. The summed E-state index contributed by atoms with van der Waals surface area (Å²) < 4.78 is 33.3. The van der Waals surface area contributed by atoms with Gasteiger partial charge in [0.25, 0.3) is 0 Å². The number of sulfone groups is 1. The number of likely N-dealkylation sites (tertiary alicyclic amines) is 1. The minimum Gasteiger partial charge on any atom is -0.497 e. The number of hydrogen-bond acceptors (Lipinski definition) is 7. The van der Waals surface area contributed by atoms with Crippen molar-refractivity contribution in [1.82, 2.24) is 15.1 Å². The molecule has 2 aromatic rings. The van der Waals surface area contributed by atoms with Gasteiger partial charge in [0.15, 0.2) is 0 Å². The highest BCUT2D eigenvalue weighted by Crippen LogP contribution is 2.32. The van der Waals surface area contributed by atoms with Crippen LogP contribution in [0.4, 0.5) is 0 Å². The van der Waals surface area contributed by atoms with E-state index in [9.17, 15) is 13.2 Å². The molecule has 1 aliphatic heterocycles. The summed E-state index contributed by atoms with van der Waals surface area (Å²) in [6.07, 6.45) is 2.72. The fourth-order valence-corrected chi connectivity index (χ4v) is 3.27. The van der Waals surface area contributed by atoms with E-state index in [1.54, 1.807) is 24.1 Å². The summed E-state index contributed by atoms with van der Waals surface area (Å²) >= 11 is 0. The second-order valence-corrected chi connectivity index (χ2v) is 7.84. The summed E-state index contributed by atoms with van der Waals surface area (Å²) in [5, 5.41) is 6.97. The quantitative estimate of drug-likeness (QED) is 0.789. The zero-order valence-corrected chi connectivity index (χ0v) is 14.8. The van der Waals surface area contributed by atoms with E-state index < -0.39 is 15.1 Å². The van der Waals surface area contributed by atoms with E-state index in [0.717, 1.165) is 24.0 Å². The van der Waals surface area contributed by atoms with Gasteiger partial charge in [0.1, 0.15) is 11.8 Å². The molecule has 134 valence electrons. The lowest BCUT2D eigenvalue weighted by Gasteiger charge is -2.22. The van der Waals surface area contributed by atoms with Crippen LogP contribution in [-0.4, -0.2) is 49.3 Å². The van der Waals surface area contributed by atoms with Gasteiger partial charge in [-0.2, -0.15) is 0 Å². The Labute approximate surface area is 145 Å². The van der Waals surface area contributed by atoms with Gasteiger partial charge in [-0.15, -0.1) is 5.10 Å². The number of hydrogen-bond donors (Lipinski definition) is 0. The number of amides is 1. The molecule has 0 N–H and O–H groups in total. The number of aromatic nitrogens is 2. The second-order valence-electron chi connectivity index (χ2n) is 5.95. The lowest BCUT2D eigenvalue weighted by Crippen LogP contribution is -2.32. The maximum Gasteiger partial charge on any atom is 0.335 e. The Hall–Kier alpha value is -2.42. The van der Waals surface area contributed by atoms with E-state index in [0.29, 0.717) is 13.0 Å². The highest BCUT2D eigenvalue weighted by Gasteiger charge is 2.34. The summed E-state index contributed by atoms with van der Waals surface area (Å²) in [4.78, 5) is 14.3. The van der Waals surface area contributed by atoms with Crippen LogP contribution < -0.4 is 4.74 Å². The molecule has 1 saturated heterocycles. The fourth-order valence-electron chi connectivity index (χ4n) is 2.85. The summed E-state index contributed by atoms with van der Waals surface area (Å²) in [7, 11) is -1.97. The number of rotatable bonds is 5. The molecule has 0 unspecified atom stereocenters. The van der Waals surface area contributed by atoms with Crippen LogP contribution in [-0.2, 0) is 21.1 Å². The molecule has 0 saturated carbocycles. The number of nitrogens with zero attached hydrogens (tertiary/aromatic N) is 3. The predicted molar refractivity (Wildman–Crippen MR) is 87.8 cm³/mol. The van der Waals surface area contributed by atoms with E-state index in [4.69, 9.17) is 9.15 Å². The minimum absolute atomic E-state index is 0.0632. The van der Waals surface area contributed by atoms with Gasteiger partial charge < -0.3 is 14.1 Å². The van der Waals surface area contributed by atoms with Gasteiger partial charge in [0, 0.05) is 12.8 Å². The van der Waals surface area contributed by atoms with Crippen LogP contribution in [0.3, 0.4) is 0 Å². The van der Waals surface area contributed by atoms with Crippen LogP contribution in [0.5, 0.6) is 5.75 Å². The van der Waals surface area contributed by atoms with Crippen LogP contribution in [0.2, 0.25) is 0 Å². The van der Waals surface area contributed by atoms with Gasteiger partial charge in [-0.3, -0.25) is 4.79 Å². The van der Waals surface area contributed by atoms with Crippen LogP contribution in [0.15, 0.2) is 33.9 Å². The first-order valence-electron chi connectivity index (χ1n) is 7.84. The monoisotopic (exact) mass is 365 g/mol. The Bertz CT molecular complexity index is 860. The number of ether oxygens (including phenoxy) is 1. The van der Waals surface area contributed by atoms with Crippen LogP contribution in [0.25, 0.3) is 0 Å². The second kappa shape index (κ2) is 6.83. The fraction of sp³-hybridized carbons (Fsp3) is 0.438. The van der Waals surface area contributed by atoms with Crippen molar-refractivity contribution in [2.24, 2.45) is 0 Å². The van der Waals surface area contributed by atoms with Crippen molar-refractivity contribution in [3.05, 3.63) is 35.7 Å². The molecule has 0 aliphatic carbocycles. The molecule has 1 atom stereocenters. The maximum absolute atomic E-state index is 12.6. The lowest BCUT2D eigenvalue weighted by molar-refractivity contribution is -0.131. The Kier molecular flexibility index (Phi) is 4.76. The third-order valence-corrected chi connectivity index (χ3v) is 4.91. The van der Waals surface area contributed by atoms with Crippen molar-refractivity contribution >= 4 is 15.7 Å². The smallest absolute Gasteiger partial charge is 0.335 e. The average molecular weight is 365 g/mol. The predicted octanol–water partition coefficient (Wildman–Crippen LogP) is 1.39. The summed E-state index contributed by atoms with van der Waals surface area (Å²) in [6.45, 7) is 0.580. The molecule has 0 spiro atoms. The SMILES string of the molecule is COc1ccc(CC(=O)N2CCC[C@H]2c2nnc(S(C)(=O)=O)o2)cc1. The maximum atomic E-state index is 12.6. The third kappa shape index (κ3) is 3.81. The van der Waals surface area contributed by atoms with E-state index in [1.165, 1.54) is 0 Å². The molecule has 9 heteroatoms. The summed E-state index contributed by atoms with van der Waals surface area (Å²) in [5.41, 5.74) is 0.874. The number of benzene rings is 1. The van der Waals surface area contributed by atoms with Gasteiger partial charge in [-0.05, 0) is 30.5 Å². The Morgan fingerprint density at radius 1 is 1.32 bits per heavy atom. The Balaban J connectivity index is 1.74. The van der Waals surface area contributed by atoms with Gasteiger partial charge in [-0.25, -0.2) is 8.42 Å². The largest absolute Gasteiger partial charge is 0.497 e. The van der Waals surface area contributed by atoms with Crippen molar-refractivity contribution in [3.63, 3.8) is 0 Å². The zero-order chi connectivity index (χ0) is 18.0. The number of carbonyl (C=O) groups is 1. The Morgan fingerprint density at radius 2 is 2.04 bits per heavy atom. The topological polar surface area (TPSA) is 103 Å². The van der Waals surface area contributed by atoms with Crippen LogP contribution in [0, 0.1) is 0 Å². The molecule has 1 aliphatic rings. The normalized spacial score (nSPS) is 17.7. The minimum atomic E-state index is -3.56. The molecule has 25 heavy (non-hydrogen) atoms. The van der Waals surface area contributed by atoms with Gasteiger partial charge in [-0.1, -0.05) is 17.2 Å². The van der Waals surface area contributed by atoms with Crippen molar-refractivity contribution in [2.45, 2.75) is 30.5 Å². The van der Waals surface area contributed by atoms with E-state index in [1.807, 2.05) is 12.1 Å². The zero-order valence-electron chi connectivity index (χ0n) is 14.0. The van der Waals surface area contributed by atoms with Gasteiger partial charge in [0.05, 0.1) is 13.5 Å². The van der Waals surface area contributed by atoms with E-state index in [-0.39, 0.29) is 24.3 Å². The highest BCUT2D eigenvalue weighted by atomic mass is 32.2. The molecule has 1 aromatic heterocycles. The Morgan fingerprint density at radius 3 is 2.64 bits per heavy atom. The molecule has 1 amide bonds. The molecular formula is C16H19N3O5S. The van der Waals surface area contributed by atoms with E-state index >= 15 is 0 Å². The molecular weight excluding hydrogens is 346 g/mol. The molecule has 2 heterocycles. The van der Waals surface area contributed by atoms with Crippen LogP contribution >= 0.6 is 0 Å². The first-order valence-corrected chi connectivity index (χ1v) is 9.73. The van der Waals surface area contributed by atoms with Crippen molar-refractivity contribution in [1.29, 1.82) is 0 Å². The number of carbonyl (C=O) groups excluding carboxylic acids is 1. The third-order valence-electron chi connectivity index (χ3n) is 4.11. The highest BCUT2D eigenvalue weighted by molar-refractivity contribution is 7.90. The van der Waals surface area contributed by atoms with Gasteiger partial charge >= 0.3 is 5.22 Å². The van der Waals surface area contributed by atoms with Gasteiger partial charge in [0.2, 0.25) is 21.6 Å². The molecule has 1 fully saturated rings. The summed E-state index contributed by atoms with van der Waals surface area (Å²) in [6, 6.07) is 6.92. The van der Waals surface area contributed by atoms with Crippen molar-refractivity contribution < 1.29 is 22.4 Å².